The van der Waals surface area contributed by atoms with Gasteiger partial charge in [-0.05, 0) is 55.2 Å². The minimum absolute atomic E-state index is 0.140. The number of nitrogens with two attached hydrogens (primary N) is 1. The van der Waals surface area contributed by atoms with Crippen molar-refractivity contribution in [2.75, 3.05) is 7.11 Å². The van der Waals surface area contributed by atoms with Gasteiger partial charge in [-0.2, -0.15) is 0 Å². The summed E-state index contributed by atoms with van der Waals surface area (Å²) in [6.07, 6.45) is 3.63. The maximum absolute atomic E-state index is 5.80. The number of pyridine rings is 1. The van der Waals surface area contributed by atoms with Crippen LogP contribution in [0.5, 0.6) is 5.75 Å². The maximum Gasteiger partial charge on any atom is 0.124 e. The molecule has 1 aromatic heterocycles. The van der Waals surface area contributed by atoms with E-state index in [0.29, 0.717) is 0 Å². The summed E-state index contributed by atoms with van der Waals surface area (Å²) in [5.74, 6) is 6.64. The van der Waals surface area contributed by atoms with Crippen LogP contribution in [0.3, 0.4) is 0 Å². The highest BCUT2D eigenvalue weighted by molar-refractivity contribution is 5.49. The normalized spacial score (nSPS) is 12.2. The Kier molecular flexibility index (Phi) is 4.37. The summed E-state index contributed by atoms with van der Waals surface area (Å²) < 4.78 is 5.54. The predicted octanol–water partition coefficient (Wildman–Crippen LogP) is 2.57. The number of hydrogen-bond donors (Lipinski definition) is 2. The van der Waals surface area contributed by atoms with Crippen molar-refractivity contribution in [3.05, 3.63) is 58.4 Å². The molecule has 1 aromatic carbocycles. The standard InChI is InChI=1S/C16H21N3O/c1-10-7-12(3)15(14(8-10)20-4)16(19-17)13-9-18-6-5-11(13)2/h5-9,16,19H,17H2,1-4H3. The molecule has 0 radical (unpaired) electrons. The van der Waals surface area contributed by atoms with E-state index in [-0.39, 0.29) is 6.04 Å². The van der Waals surface area contributed by atoms with Crippen molar-refractivity contribution >= 4 is 0 Å². The molecule has 0 spiro atoms. The Morgan fingerprint density at radius 1 is 1.20 bits per heavy atom. The van der Waals surface area contributed by atoms with Gasteiger partial charge >= 0.3 is 0 Å². The Hall–Kier alpha value is -1.91. The molecule has 0 aliphatic rings. The van der Waals surface area contributed by atoms with E-state index in [4.69, 9.17) is 10.6 Å². The Morgan fingerprint density at radius 3 is 2.55 bits per heavy atom. The second-order valence-corrected chi connectivity index (χ2v) is 5.03. The molecule has 4 heteroatoms. The SMILES string of the molecule is COc1cc(C)cc(C)c1C(NN)c1cnccc1C. The quantitative estimate of drug-likeness (QED) is 0.663. The van der Waals surface area contributed by atoms with Crippen LogP contribution in [0.1, 0.15) is 33.9 Å². The van der Waals surface area contributed by atoms with E-state index in [2.05, 4.69) is 37.2 Å². The second kappa shape index (κ2) is 6.03. The summed E-state index contributed by atoms with van der Waals surface area (Å²) in [5, 5.41) is 0. The smallest absolute Gasteiger partial charge is 0.124 e. The molecule has 20 heavy (non-hydrogen) atoms. The zero-order chi connectivity index (χ0) is 14.7. The molecule has 0 fully saturated rings. The van der Waals surface area contributed by atoms with E-state index in [1.165, 1.54) is 5.56 Å². The van der Waals surface area contributed by atoms with Gasteiger partial charge in [0.1, 0.15) is 5.75 Å². The fourth-order valence-electron chi connectivity index (χ4n) is 2.59. The lowest BCUT2D eigenvalue weighted by molar-refractivity contribution is 0.403. The van der Waals surface area contributed by atoms with Crippen molar-refractivity contribution < 1.29 is 4.74 Å². The van der Waals surface area contributed by atoms with Crippen LogP contribution in [0.2, 0.25) is 0 Å². The first-order valence-corrected chi connectivity index (χ1v) is 6.60. The van der Waals surface area contributed by atoms with Gasteiger partial charge in [0.25, 0.3) is 0 Å². The topological polar surface area (TPSA) is 60.2 Å². The van der Waals surface area contributed by atoms with Crippen molar-refractivity contribution in [2.24, 2.45) is 5.84 Å². The third-order valence-electron chi connectivity index (χ3n) is 3.56. The van der Waals surface area contributed by atoms with E-state index in [1.807, 2.05) is 18.3 Å². The van der Waals surface area contributed by atoms with Gasteiger partial charge in [-0.3, -0.25) is 10.8 Å². The average Bonchev–Trinajstić information content (AvgIpc) is 2.43. The molecule has 0 amide bonds. The summed E-state index contributed by atoms with van der Waals surface area (Å²) >= 11 is 0. The summed E-state index contributed by atoms with van der Waals surface area (Å²) in [6.45, 7) is 6.18. The molecule has 3 N–H and O–H groups in total. The van der Waals surface area contributed by atoms with Crippen LogP contribution in [-0.2, 0) is 0 Å². The number of benzene rings is 1. The number of hydrogen-bond acceptors (Lipinski definition) is 4. The first kappa shape index (κ1) is 14.5. The van der Waals surface area contributed by atoms with Crippen LogP contribution in [0.15, 0.2) is 30.6 Å². The van der Waals surface area contributed by atoms with Crippen LogP contribution in [0.4, 0.5) is 0 Å². The summed E-state index contributed by atoms with van der Waals surface area (Å²) in [4.78, 5) is 4.21. The van der Waals surface area contributed by atoms with Crippen molar-refractivity contribution in [2.45, 2.75) is 26.8 Å². The van der Waals surface area contributed by atoms with Crippen molar-refractivity contribution in [3.63, 3.8) is 0 Å². The highest BCUT2D eigenvalue weighted by Crippen LogP contribution is 2.34. The molecule has 106 valence electrons. The molecular formula is C16H21N3O. The molecule has 0 aliphatic carbocycles. The maximum atomic E-state index is 5.80. The molecule has 2 rings (SSSR count). The van der Waals surface area contributed by atoms with Crippen LogP contribution in [-0.4, -0.2) is 12.1 Å². The summed E-state index contributed by atoms with van der Waals surface area (Å²) in [5.41, 5.74) is 8.46. The van der Waals surface area contributed by atoms with E-state index in [1.54, 1.807) is 13.3 Å². The van der Waals surface area contributed by atoms with Crippen molar-refractivity contribution in [1.29, 1.82) is 0 Å². The van der Waals surface area contributed by atoms with Crippen LogP contribution in [0, 0.1) is 20.8 Å². The number of nitrogens with zero attached hydrogens (tertiary/aromatic N) is 1. The Balaban J connectivity index is 2.61. The number of aryl methyl sites for hydroxylation is 3. The minimum Gasteiger partial charge on any atom is -0.496 e. The second-order valence-electron chi connectivity index (χ2n) is 5.03. The monoisotopic (exact) mass is 271 g/mol. The van der Waals surface area contributed by atoms with Gasteiger partial charge in [-0.25, -0.2) is 5.43 Å². The Labute approximate surface area is 120 Å². The summed E-state index contributed by atoms with van der Waals surface area (Å²) in [7, 11) is 1.68. The van der Waals surface area contributed by atoms with E-state index < -0.39 is 0 Å². The van der Waals surface area contributed by atoms with Gasteiger partial charge < -0.3 is 4.74 Å². The largest absolute Gasteiger partial charge is 0.496 e. The number of hydrazine groups is 1. The van der Waals surface area contributed by atoms with Crippen molar-refractivity contribution in [3.8, 4) is 5.75 Å². The third-order valence-corrected chi connectivity index (χ3v) is 3.56. The number of aromatic nitrogens is 1. The fourth-order valence-corrected chi connectivity index (χ4v) is 2.59. The average molecular weight is 271 g/mol. The molecular weight excluding hydrogens is 250 g/mol. The van der Waals surface area contributed by atoms with Gasteiger partial charge in [0.05, 0.1) is 13.2 Å². The lowest BCUT2D eigenvalue weighted by Gasteiger charge is -2.23. The van der Waals surface area contributed by atoms with Crippen LogP contribution in [0.25, 0.3) is 0 Å². The van der Waals surface area contributed by atoms with Crippen LogP contribution >= 0.6 is 0 Å². The highest BCUT2D eigenvalue weighted by Gasteiger charge is 2.21. The van der Waals surface area contributed by atoms with Crippen LogP contribution < -0.4 is 16.0 Å². The zero-order valence-electron chi connectivity index (χ0n) is 12.4. The van der Waals surface area contributed by atoms with E-state index in [0.717, 1.165) is 28.0 Å². The number of nitrogens with one attached hydrogen (secondary N) is 1. The van der Waals surface area contributed by atoms with E-state index >= 15 is 0 Å². The molecule has 0 saturated carbocycles. The van der Waals surface area contributed by atoms with Gasteiger partial charge in [0.2, 0.25) is 0 Å². The molecule has 2 aromatic rings. The number of methoxy groups -OCH3 is 1. The number of ether oxygens (including phenoxy) is 1. The molecule has 4 nitrogen and oxygen atoms in total. The molecule has 1 unspecified atom stereocenters. The third kappa shape index (κ3) is 2.66. The molecule has 0 bridgehead atoms. The molecule has 1 heterocycles. The lowest BCUT2D eigenvalue weighted by atomic mass is 9.92. The van der Waals surface area contributed by atoms with Gasteiger partial charge in [-0.1, -0.05) is 6.07 Å². The number of rotatable bonds is 4. The minimum atomic E-state index is -0.140. The first-order valence-electron chi connectivity index (χ1n) is 6.60. The summed E-state index contributed by atoms with van der Waals surface area (Å²) in [6, 6.07) is 6.00. The van der Waals surface area contributed by atoms with E-state index in [9.17, 15) is 0 Å². The zero-order valence-corrected chi connectivity index (χ0v) is 12.4. The first-order chi connectivity index (χ1) is 9.58. The molecule has 1 atom stereocenters. The van der Waals surface area contributed by atoms with Gasteiger partial charge in [-0.15, -0.1) is 0 Å². The fraction of sp³-hybridized carbons (Fsp3) is 0.312. The highest BCUT2D eigenvalue weighted by atomic mass is 16.5. The Bertz CT molecular complexity index is 611. The lowest BCUT2D eigenvalue weighted by Crippen LogP contribution is -2.30. The Morgan fingerprint density at radius 2 is 1.95 bits per heavy atom. The molecule has 0 saturated heterocycles. The van der Waals surface area contributed by atoms with Gasteiger partial charge in [0.15, 0.2) is 0 Å². The molecule has 0 aliphatic heterocycles. The van der Waals surface area contributed by atoms with Crippen molar-refractivity contribution in [1.82, 2.24) is 10.4 Å². The predicted molar refractivity (Wildman–Crippen MR) is 80.6 cm³/mol. The van der Waals surface area contributed by atoms with Gasteiger partial charge in [0, 0.05) is 18.0 Å².